The second-order valence-corrected chi connectivity index (χ2v) is 9.01. The number of anilines is 1. The number of esters is 1. The third-order valence-corrected chi connectivity index (χ3v) is 6.61. The van der Waals surface area contributed by atoms with Crippen molar-refractivity contribution >= 4 is 50.2 Å². The summed E-state index contributed by atoms with van der Waals surface area (Å²) in [7, 11) is 0. The van der Waals surface area contributed by atoms with E-state index in [-0.39, 0.29) is 5.91 Å². The molecule has 186 valence electrons. The summed E-state index contributed by atoms with van der Waals surface area (Å²) < 4.78 is 11.8. The lowest BCUT2D eigenvalue weighted by atomic mass is 9.99. The highest BCUT2D eigenvalue weighted by Gasteiger charge is 2.25. The van der Waals surface area contributed by atoms with Crippen molar-refractivity contribution in [3.63, 3.8) is 0 Å². The molecule has 1 unspecified atom stereocenters. The standard InChI is InChI=1S/C32H24N2O4/c1-2-27(30(35)33-25-18-9-11-20-10-3-4-14-22(20)25)38-32(36)24-16-8-13-21-12-7-15-23(29(21)24)31-34-26-17-5-6-19-28(26)37-31/h3-19,27H,2H2,1H3,(H,33,35). The topological polar surface area (TPSA) is 81.4 Å². The molecule has 38 heavy (non-hydrogen) atoms. The maximum absolute atomic E-state index is 13.5. The van der Waals surface area contributed by atoms with Gasteiger partial charge in [-0.2, -0.15) is 0 Å². The lowest BCUT2D eigenvalue weighted by molar-refractivity contribution is -0.124. The fraction of sp³-hybridized carbons (Fsp3) is 0.0938. The van der Waals surface area contributed by atoms with Crippen molar-refractivity contribution in [2.75, 3.05) is 5.32 Å². The zero-order valence-corrected chi connectivity index (χ0v) is 20.7. The number of carbonyl (C=O) groups excluding carboxylic acids is 2. The first-order chi connectivity index (χ1) is 18.6. The number of carbonyl (C=O) groups is 2. The molecular formula is C32H24N2O4. The van der Waals surface area contributed by atoms with Crippen molar-refractivity contribution in [1.82, 2.24) is 4.98 Å². The molecule has 1 amide bonds. The van der Waals surface area contributed by atoms with Gasteiger partial charge in [-0.25, -0.2) is 9.78 Å². The predicted octanol–water partition coefficient (Wildman–Crippen LogP) is 7.38. The van der Waals surface area contributed by atoms with Crippen molar-refractivity contribution in [1.29, 1.82) is 0 Å². The van der Waals surface area contributed by atoms with Crippen LogP contribution in [-0.2, 0) is 9.53 Å². The Balaban J connectivity index is 1.32. The number of aromatic nitrogens is 1. The number of rotatable bonds is 6. The van der Waals surface area contributed by atoms with Gasteiger partial charge in [-0.15, -0.1) is 0 Å². The largest absolute Gasteiger partial charge is 0.449 e. The van der Waals surface area contributed by atoms with E-state index in [0.717, 1.165) is 21.7 Å². The number of fused-ring (bicyclic) bond motifs is 3. The van der Waals surface area contributed by atoms with Gasteiger partial charge in [0, 0.05) is 22.0 Å². The molecule has 0 aliphatic carbocycles. The number of nitrogens with one attached hydrogen (secondary N) is 1. The van der Waals surface area contributed by atoms with Crippen LogP contribution in [0.3, 0.4) is 0 Å². The lowest BCUT2D eigenvalue weighted by Gasteiger charge is -2.18. The maximum Gasteiger partial charge on any atom is 0.339 e. The van der Waals surface area contributed by atoms with Gasteiger partial charge in [0.25, 0.3) is 5.91 Å². The molecular weight excluding hydrogens is 476 g/mol. The van der Waals surface area contributed by atoms with Crippen molar-refractivity contribution < 1.29 is 18.7 Å². The fourth-order valence-corrected chi connectivity index (χ4v) is 4.74. The Morgan fingerprint density at radius 3 is 2.39 bits per heavy atom. The van der Waals surface area contributed by atoms with Gasteiger partial charge in [-0.1, -0.05) is 79.7 Å². The number of nitrogens with zero attached hydrogens (tertiary/aromatic N) is 1. The van der Waals surface area contributed by atoms with E-state index >= 15 is 0 Å². The number of ether oxygens (including phenoxy) is 1. The van der Waals surface area contributed by atoms with Gasteiger partial charge in [-0.05, 0) is 47.5 Å². The fourth-order valence-electron chi connectivity index (χ4n) is 4.74. The number of hydrogen-bond acceptors (Lipinski definition) is 5. The second kappa shape index (κ2) is 9.82. The minimum atomic E-state index is -0.965. The first kappa shape index (κ1) is 23.4. The highest BCUT2D eigenvalue weighted by Crippen LogP contribution is 2.33. The third kappa shape index (κ3) is 4.26. The molecule has 0 spiro atoms. The van der Waals surface area contributed by atoms with Gasteiger partial charge in [0.15, 0.2) is 11.7 Å². The summed E-state index contributed by atoms with van der Waals surface area (Å²) in [5.41, 5.74) is 3.09. The number of benzene rings is 5. The van der Waals surface area contributed by atoms with E-state index in [1.54, 1.807) is 12.1 Å². The minimum Gasteiger partial charge on any atom is -0.449 e. The smallest absolute Gasteiger partial charge is 0.339 e. The Labute approximate surface area is 218 Å². The summed E-state index contributed by atoms with van der Waals surface area (Å²) in [4.78, 5) is 31.3. The lowest BCUT2D eigenvalue weighted by Crippen LogP contribution is -2.32. The first-order valence-electron chi connectivity index (χ1n) is 12.5. The highest BCUT2D eigenvalue weighted by molar-refractivity contribution is 6.11. The normalized spacial score (nSPS) is 12.0. The zero-order valence-electron chi connectivity index (χ0n) is 20.7. The summed E-state index contributed by atoms with van der Waals surface area (Å²) >= 11 is 0. The van der Waals surface area contributed by atoms with Gasteiger partial charge in [0.2, 0.25) is 5.89 Å². The molecule has 6 rings (SSSR count). The Morgan fingerprint density at radius 2 is 1.55 bits per heavy atom. The van der Waals surface area contributed by atoms with Crippen molar-refractivity contribution in [3.05, 3.63) is 109 Å². The molecule has 0 saturated heterocycles. The summed E-state index contributed by atoms with van der Waals surface area (Å²) in [6, 6.07) is 32.1. The highest BCUT2D eigenvalue weighted by atomic mass is 16.5. The molecule has 6 nitrogen and oxygen atoms in total. The molecule has 6 heteroatoms. The molecule has 0 bridgehead atoms. The van der Waals surface area contributed by atoms with Crippen LogP contribution in [0.15, 0.2) is 108 Å². The van der Waals surface area contributed by atoms with E-state index in [4.69, 9.17) is 9.15 Å². The molecule has 1 aromatic heterocycles. The van der Waals surface area contributed by atoms with Gasteiger partial charge in [0.1, 0.15) is 5.52 Å². The quantitative estimate of drug-likeness (QED) is 0.241. The van der Waals surface area contributed by atoms with Crippen LogP contribution in [0.1, 0.15) is 23.7 Å². The first-order valence-corrected chi connectivity index (χ1v) is 12.5. The van der Waals surface area contributed by atoms with E-state index in [9.17, 15) is 9.59 Å². The molecule has 0 aliphatic rings. The number of amides is 1. The van der Waals surface area contributed by atoms with Crippen LogP contribution in [0, 0.1) is 0 Å². The Kier molecular flexibility index (Phi) is 6.06. The van der Waals surface area contributed by atoms with Crippen molar-refractivity contribution in [3.8, 4) is 11.5 Å². The number of oxazole rings is 1. The molecule has 6 aromatic rings. The van der Waals surface area contributed by atoms with Crippen LogP contribution in [0.2, 0.25) is 0 Å². The van der Waals surface area contributed by atoms with Gasteiger partial charge in [0.05, 0.1) is 5.56 Å². The average molecular weight is 501 g/mol. The summed E-state index contributed by atoms with van der Waals surface area (Å²) in [6.45, 7) is 1.81. The van der Waals surface area contributed by atoms with Crippen LogP contribution in [0.25, 0.3) is 44.1 Å². The SMILES string of the molecule is CCC(OC(=O)c1cccc2cccc(-c3nc4ccccc4o3)c12)C(=O)Nc1cccc2ccccc12. The summed E-state index contributed by atoms with van der Waals surface area (Å²) in [5, 5.41) is 6.37. The molecule has 5 aromatic carbocycles. The Hall–Kier alpha value is -4.97. The summed E-state index contributed by atoms with van der Waals surface area (Å²) in [5.74, 6) is -0.548. The van der Waals surface area contributed by atoms with Gasteiger partial charge >= 0.3 is 5.97 Å². The molecule has 1 heterocycles. The van der Waals surface area contributed by atoms with Gasteiger partial charge in [-0.3, -0.25) is 4.79 Å². The van der Waals surface area contributed by atoms with Crippen LogP contribution in [-0.4, -0.2) is 23.0 Å². The average Bonchev–Trinajstić information content (AvgIpc) is 3.39. The van der Waals surface area contributed by atoms with Crippen LogP contribution < -0.4 is 5.32 Å². The molecule has 0 saturated carbocycles. The molecule has 1 N–H and O–H groups in total. The van der Waals surface area contributed by atoms with E-state index in [1.165, 1.54) is 0 Å². The number of para-hydroxylation sites is 2. The van der Waals surface area contributed by atoms with E-state index < -0.39 is 12.1 Å². The van der Waals surface area contributed by atoms with Crippen molar-refractivity contribution in [2.24, 2.45) is 0 Å². The van der Waals surface area contributed by atoms with E-state index in [2.05, 4.69) is 10.3 Å². The van der Waals surface area contributed by atoms with E-state index in [1.807, 2.05) is 97.9 Å². The predicted molar refractivity (Wildman–Crippen MR) is 149 cm³/mol. The van der Waals surface area contributed by atoms with Gasteiger partial charge < -0.3 is 14.5 Å². The zero-order chi connectivity index (χ0) is 26.1. The van der Waals surface area contributed by atoms with Crippen LogP contribution >= 0.6 is 0 Å². The van der Waals surface area contributed by atoms with Crippen LogP contribution in [0.4, 0.5) is 5.69 Å². The Bertz CT molecular complexity index is 1780. The third-order valence-electron chi connectivity index (χ3n) is 6.61. The minimum absolute atomic E-state index is 0.324. The maximum atomic E-state index is 13.5. The van der Waals surface area contributed by atoms with Crippen LogP contribution in [0.5, 0.6) is 0 Å². The number of hydrogen-bond donors (Lipinski definition) is 1. The molecule has 0 fully saturated rings. The molecule has 0 radical (unpaired) electrons. The Morgan fingerprint density at radius 1 is 0.842 bits per heavy atom. The van der Waals surface area contributed by atoms with Crippen molar-refractivity contribution in [2.45, 2.75) is 19.4 Å². The van der Waals surface area contributed by atoms with E-state index in [0.29, 0.717) is 40.1 Å². The summed E-state index contributed by atoms with van der Waals surface area (Å²) in [6.07, 6.45) is -0.640. The second-order valence-electron chi connectivity index (χ2n) is 9.01. The molecule has 1 atom stereocenters. The molecule has 0 aliphatic heterocycles. The monoisotopic (exact) mass is 500 g/mol.